The van der Waals surface area contributed by atoms with Gasteiger partial charge in [-0.2, -0.15) is 0 Å². The standard InChI is InChI=1S/C20H16B4N4O/c21-17-16(19(23)27-20(24)18(17)22)11-3-4-12-9-25-14(8-13(12)7-11)26-15(29)10-28-5-1-2-6-28/h3-4,7-9H,1-2,5-6,10H2,(H,25,26,29). The maximum Gasteiger partial charge on any atom is 0.239 e. The van der Waals surface area contributed by atoms with Crippen LogP contribution in [-0.2, 0) is 4.79 Å². The number of hydrogen-bond donors (Lipinski definition) is 1. The number of likely N-dealkylation sites (tertiary alicyclic amines) is 1. The highest BCUT2D eigenvalue weighted by molar-refractivity contribution is 6.59. The first-order valence-corrected chi connectivity index (χ1v) is 9.44. The maximum absolute atomic E-state index is 12.3. The number of nitrogens with one attached hydrogen (secondary N) is 1. The molecule has 9 heteroatoms. The number of rotatable bonds is 4. The van der Waals surface area contributed by atoms with Crippen LogP contribution < -0.4 is 27.4 Å². The van der Waals surface area contributed by atoms with Gasteiger partial charge in [0.15, 0.2) is 0 Å². The Bertz CT molecular complexity index is 1100. The molecule has 1 aliphatic heterocycles. The van der Waals surface area contributed by atoms with Crippen molar-refractivity contribution in [2.75, 3.05) is 25.0 Å². The van der Waals surface area contributed by atoms with E-state index >= 15 is 0 Å². The molecule has 0 aliphatic carbocycles. The van der Waals surface area contributed by atoms with Gasteiger partial charge in [-0.25, -0.2) is 4.98 Å². The Labute approximate surface area is 175 Å². The average molecular weight is 372 g/mol. The fourth-order valence-corrected chi connectivity index (χ4v) is 3.65. The highest BCUT2D eigenvalue weighted by atomic mass is 16.2. The monoisotopic (exact) mass is 372 g/mol. The van der Waals surface area contributed by atoms with Crippen LogP contribution in [0.1, 0.15) is 12.8 Å². The summed E-state index contributed by atoms with van der Waals surface area (Å²) in [5.41, 5.74) is 2.11. The molecule has 0 bridgehead atoms. The van der Waals surface area contributed by atoms with Crippen molar-refractivity contribution in [2.45, 2.75) is 12.8 Å². The van der Waals surface area contributed by atoms with Gasteiger partial charge in [0.05, 0.1) is 6.54 Å². The molecule has 0 unspecified atom stereocenters. The fraction of sp³-hybridized carbons (Fsp3) is 0.250. The zero-order valence-corrected chi connectivity index (χ0v) is 16.0. The zero-order chi connectivity index (χ0) is 20.5. The number of anilines is 1. The second-order valence-corrected chi connectivity index (χ2v) is 7.25. The van der Waals surface area contributed by atoms with Gasteiger partial charge < -0.3 is 5.32 Å². The van der Waals surface area contributed by atoms with Crippen molar-refractivity contribution in [2.24, 2.45) is 0 Å². The number of carbonyl (C=O) groups is 1. The summed E-state index contributed by atoms with van der Waals surface area (Å²) in [6.45, 7) is 2.30. The van der Waals surface area contributed by atoms with E-state index in [2.05, 4.69) is 20.2 Å². The minimum absolute atomic E-state index is 0.0705. The van der Waals surface area contributed by atoms with Crippen LogP contribution in [0.25, 0.3) is 21.9 Å². The summed E-state index contributed by atoms with van der Waals surface area (Å²) in [5, 5.41) is 4.66. The van der Waals surface area contributed by atoms with E-state index in [0.29, 0.717) is 23.4 Å². The number of amides is 1. The molecule has 1 fully saturated rings. The number of benzene rings is 1. The molecule has 0 atom stereocenters. The number of carbonyl (C=O) groups excluding carboxylic acids is 1. The van der Waals surface area contributed by atoms with Crippen LogP contribution >= 0.6 is 0 Å². The highest BCUT2D eigenvalue weighted by Gasteiger charge is 2.16. The van der Waals surface area contributed by atoms with Gasteiger partial charge in [-0.05, 0) is 65.8 Å². The quantitative estimate of drug-likeness (QED) is 0.568. The number of fused-ring (bicyclic) bond motifs is 1. The van der Waals surface area contributed by atoms with E-state index in [1.807, 2.05) is 24.3 Å². The van der Waals surface area contributed by atoms with Gasteiger partial charge in [0.2, 0.25) is 5.91 Å². The van der Waals surface area contributed by atoms with Gasteiger partial charge in [0.25, 0.3) is 0 Å². The van der Waals surface area contributed by atoms with E-state index in [1.165, 1.54) is 0 Å². The third kappa shape index (κ3) is 4.10. The van der Waals surface area contributed by atoms with Crippen LogP contribution in [0, 0.1) is 0 Å². The van der Waals surface area contributed by atoms with Crippen molar-refractivity contribution in [3.8, 4) is 11.1 Å². The van der Waals surface area contributed by atoms with Crippen LogP contribution in [0.5, 0.6) is 0 Å². The van der Waals surface area contributed by atoms with Crippen molar-refractivity contribution in [3.63, 3.8) is 0 Å². The van der Waals surface area contributed by atoms with E-state index in [-0.39, 0.29) is 22.6 Å². The summed E-state index contributed by atoms with van der Waals surface area (Å²) in [4.78, 5) is 22.8. The summed E-state index contributed by atoms with van der Waals surface area (Å²) in [7, 11) is 23.8. The van der Waals surface area contributed by atoms with Crippen LogP contribution in [0.15, 0.2) is 30.5 Å². The summed E-state index contributed by atoms with van der Waals surface area (Å²) in [6, 6.07) is 7.50. The Morgan fingerprint density at radius 2 is 1.76 bits per heavy atom. The van der Waals surface area contributed by atoms with Crippen molar-refractivity contribution in [1.29, 1.82) is 0 Å². The van der Waals surface area contributed by atoms with E-state index in [9.17, 15) is 4.79 Å². The lowest BCUT2D eigenvalue weighted by Gasteiger charge is -2.17. The molecule has 0 spiro atoms. The molecule has 29 heavy (non-hydrogen) atoms. The predicted octanol–water partition coefficient (Wildman–Crippen LogP) is -1.49. The Kier molecular flexibility index (Phi) is 5.50. The first kappa shape index (κ1) is 19.8. The molecule has 8 radical (unpaired) electrons. The van der Waals surface area contributed by atoms with E-state index < -0.39 is 0 Å². The molecule has 5 nitrogen and oxygen atoms in total. The van der Waals surface area contributed by atoms with Crippen LogP contribution in [0.4, 0.5) is 5.82 Å². The Morgan fingerprint density at radius 1 is 1.00 bits per heavy atom. The SMILES string of the molecule is [B]c1nc([B])c(-c2ccc3cnc(NC(=O)CN4CCCC4)cc3c2)c([B])c1[B]. The Morgan fingerprint density at radius 3 is 2.52 bits per heavy atom. The molecule has 1 amide bonds. The third-order valence-electron chi connectivity index (χ3n) is 5.18. The third-order valence-corrected chi connectivity index (χ3v) is 5.18. The highest BCUT2D eigenvalue weighted by Crippen LogP contribution is 2.23. The van der Waals surface area contributed by atoms with Gasteiger partial charge >= 0.3 is 0 Å². The lowest BCUT2D eigenvalue weighted by molar-refractivity contribution is -0.117. The van der Waals surface area contributed by atoms with E-state index in [4.69, 9.17) is 31.4 Å². The fourth-order valence-electron chi connectivity index (χ4n) is 3.65. The second-order valence-electron chi connectivity index (χ2n) is 7.25. The normalized spacial score (nSPS) is 14.3. The molecule has 1 saturated heterocycles. The molecule has 0 saturated carbocycles. The van der Waals surface area contributed by atoms with Crippen LogP contribution in [-0.4, -0.2) is 71.8 Å². The first-order valence-electron chi connectivity index (χ1n) is 9.44. The summed E-state index contributed by atoms with van der Waals surface area (Å²) in [5.74, 6) is 0.425. The first-order chi connectivity index (χ1) is 13.9. The van der Waals surface area contributed by atoms with E-state index in [0.717, 1.165) is 42.3 Å². The molecule has 3 heterocycles. The van der Waals surface area contributed by atoms with Gasteiger partial charge in [0.1, 0.15) is 37.2 Å². The molecular weight excluding hydrogens is 355 g/mol. The van der Waals surface area contributed by atoms with Gasteiger partial charge in [0, 0.05) is 11.6 Å². The largest absolute Gasteiger partial charge is 0.310 e. The van der Waals surface area contributed by atoms with Gasteiger partial charge in [-0.15, -0.1) is 0 Å². The molecule has 1 aromatic carbocycles. The Balaban J connectivity index is 1.64. The number of nitrogens with zero attached hydrogens (tertiary/aromatic N) is 3. The van der Waals surface area contributed by atoms with Crippen molar-refractivity contribution < 1.29 is 4.79 Å². The number of hydrogen-bond acceptors (Lipinski definition) is 4. The summed E-state index contributed by atoms with van der Waals surface area (Å²) in [6.07, 6.45) is 4.00. The Hall–Kier alpha value is -2.53. The molecule has 2 aromatic heterocycles. The molecule has 4 rings (SSSR count). The number of aromatic nitrogens is 2. The van der Waals surface area contributed by atoms with Crippen LogP contribution in [0.3, 0.4) is 0 Å². The lowest BCUT2D eigenvalue weighted by atomic mass is 9.70. The zero-order valence-electron chi connectivity index (χ0n) is 16.0. The summed E-state index contributed by atoms with van der Waals surface area (Å²) >= 11 is 0. The average Bonchev–Trinajstić information content (AvgIpc) is 3.19. The van der Waals surface area contributed by atoms with Crippen molar-refractivity contribution >= 4 is 76.0 Å². The van der Waals surface area contributed by atoms with Crippen LogP contribution in [0.2, 0.25) is 0 Å². The lowest BCUT2D eigenvalue weighted by Crippen LogP contribution is -2.47. The predicted molar refractivity (Wildman–Crippen MR) is 121 cm³/mol. The molecule has 3 aromatic rings. The van der Waals surface area contributed by atoms with Gasteiger partial charge in [-0.1, -0.05) is 23.1 Å². The van der Waals surface area contributed by atoms with Gasteiger partial charge in [-0.3, -0.25) is 14.7 Å². The van der Waals surface area contributed by atoms with Crippen molar-refractivity contribution in [1.82, 2.24) is 14.9 Å². The molecule has 134 valence electrons. The molecular formula is C20H16B4N4O. The molecule has 1 aliphatic rings. The minimum atomic E-state index is -0.0705. The smallest absolute Gasteiger partial charge is 0.239 e. The van der Waals surface area contributed by atoms with E-state index in [1.54, 1.807) is 6.20 Å². The molecule has 1 N–H and O–H groups in total. The maximum atomic E-state index is 12.3. The topological polar surface area (TPSA) is 58.1 Å². The number of pyridine rings is 2. The second kappa shape index (κ2) is 8.07. The summed E-state index contributed by atoms with van der Waals surface area (Å²) < 4.78 is 0. The van der Waals surface area contributed by atoms with Crippen molar-refractivity contribution in [3.05, 3.63) is 30.5 Å². The minimum Gasteiger partial charge on any atom is -0.310 e.